The number of halogens is 1. The van der Waals surface area contributed by atoms with E-state index in [4.69, 9.17) is 16.3 Å². The lowest BCUT2D eigenvalue weighted by molar-refractivity contribution is -0.151. The summed E-state index contributed by atoms with van der Waals surface area (Å²) in [6.07, 6.45) is 0. The van der Waals surface area contributed by atoms with E-state index in [0.29, 0.717) is 22.0 Å². The van der Waals surface area contributed by atoms with E-state index in [2.05, 4.69) is 10.4 Å². The average molecular weight is 443 g/mol. The van der Waals surface area contributed by atoms with Gasteiger partial charge in [0.2, 0.25) is 5.91 Å². The number of carboxylic acids is 1. The van der Waals surface area contributed by atoms with Crippen LogP contribution in [0.5, 0.6) is 0 Å². The van der Waals surface area contributed by atoms with E-state index in [-0.39, 0.29) is 24.6 Å². The Bertz CT molecular complexity index is 943. The van der Waals surface area contributed by atoms with Gasteiger partial charge in [-0.15, -0.1) is 11.8 Å². The fourth-order valence-electron chi connectivity index (χ4n) is 3.17. The van der Waals surface area contributed by atoms with Crippen LogP contribution < -0.4 is 5.32 Å². The smallest absolute Gasteiger partial charge is 0.352 e. The molecule has 1 fully saturated rings. The lowest BCUT2D eigenvalue weighted by Gasteiger charge is -2.49. The van der Waals surface area contributed by atoms with Crippen molar-refractivity contribution in [3.05, 3.63) is 27.7 Å². The molecule has 2 aliphatic rings. The summed E-state index contributed by atoms with van der Waals surface area (Å²) in [7, 11) is 0. The first-order valence-electron chi connectivity index (χ1n) is 8.64. The molecule has 2 N–H and O–H groups in total. The summed E-state index contributed by atoms with van der Waals surface area (Å²) in [5.74, 6) is -2.52. The van der Waals surface area contributed by atoms with Gasteiger partial charge in [-0.3, -0.25) is 24.0 Å². The molecule has 3 rings (SSSR count). The summed E-state index contributed by atoms with van der Waals surface area (Å²) in [4.78, 5) is 48.8. The van der Waals surface area contributed by atoms with Crippen molar-refractivity contribution in [2.45, 2.75) is 38.7 Å². The van der Waals surface area contributed by atoms with E-state index < -0.39 is 35.2 Å². The topological polar surface area (TPSA) is 131 Å². The number of carbonyl (C=O) groups excluding carboxylic acids is 3. The Morgan fingerprint density at radius 2 is 2.07 bits per heavy atom. The molecule has 29 heavy (non-hydrogen) atoms. The van der Waals surface area contributed by atoms with E-state index in [1.54, 1.807) is 13.8 Å². The molecule has 0 radical (unpaired) electrons. The van der Waals surface area contributed by atoms with Gasteiger partial charge in [0.1, 0.15) is 30.3 Å². The molecule has 0 aromatic carbocycles. The van der Waals surface area contributed by atoms with Crippen LogP contribution in [0, 0.1) is 13.8 Å². The number of ether oxygens (including phenoxy) is 1. The molecule has 2 aliphatic heterocycles. The maximum absolute atomic E-state index is 12.6. The number of hydrogen-bond acceptors (Lipinski definition) is 7. The molecule has 1 aromatic rings. The number of thioether (sulfide) groups is 1. The Balaban J connectivity index is 1.70. The Morgan fingerprint density at radius 3 is 2.62 bits per heavy atom. The summed E-state index contributed by atoms with van der Waals surface area (Å²) in [5.41, 5.74) is 1.38. The summed E-state index contributed by atoms with van der Waals surface area (Å²) < 4.78 is 6.33. The second-order valence-electron chi connectivity index (χ2n) is 6.64. The lowest BCUT2D eigenvalue weighted by atomic mass is 10.0. The number of aliphatic carboxylic acids is 1. The number of esters is 1. The highest BCUT2D eigenvalue weighted by atomic mass is 35.5. The monoisotopic (exact) mass is 442 g/mol. The normalized spacial score (nSPS) is 20.8. The number of hydrogen-bond donors (Lipinski definition) is 2. The molecule has 1 saturated heterocycles. The molecule has 0 saturated carbocycles. The van der Waals surface area contributed by atoms with Gasteiger partial charge in [0.15, 0.2) is 0 Å². The number of aromatic nitrogens is 2. The van der Waals surface area contributed by atoms with E-state index >= 15 is 0 Å². The van der Waals surface area contributed by atoms with Gasteiger partial charge in [0, 0.05) is 18.2 Å². The highest BCUT2D eigenvalue weighted by Crippen LogP contribution is 2.40. The van der Waals surface area contributed by atoms with Gasteiger partial charge in [-0.05, 0) is 13.8 Å². The SMILES string of the molecule is CC(=O)OCC1=C(C(=O)O)N2C(=O)[C@H](NC(=O)Cn3nc(C)c(Cl)c3C)[C@H]2SC1. The van der Waals surface area contributed by atoms with Gasteiger partial charge in [0.25, 0.3) is 5.91 Å². The Morgan fingerprint density at radius 1 is 1.38 bits per heavy atom. The standard InChI is InChI=1S/C17H19ClN4O6S/c1-7-12(18)8(2)21(20-7)4-11(24)19-13-15(25)22-14(17(26)27)10(5-28-9(3)23)6-29-16(13)22/h13,16H,4-6H2,1-3H3,(H,19,24)(H,26,27)/t13-,16+/m0/s1. The van der Waals surface area contributed by atoms with Crippen molar-refractivity contribution < 1.29 is 29.0 Å². The van der Waals surface area contributed by atoms with E-state index in [0.717, 1.165) is 4.90 Å². The van der Waals surface area contributed by atoms with Gasteiger partial charge >= 0.3 is 11.9 Å². The maximum atomic E-state index is 12.6. The average Bonchev–Trinajstić information content (AvgIpc) is 2.89. The minimum absolute atomic E-state index is 0.111. The van der Waals surface area contributed by atoms with E-state index in [1.807, 2.05) is 0 Å². The third-order valence-corrected chi connectivity index (χ3v) is 6.49. The number of carboxylic acid groups (broad SMARTS) is 1. The third-order valence-electron chi connectivity index (χ3n) is 4.60. The van der Waals surface area contributed by atoms with Crippen molar-refractivity contribution in [1.29, 1.82) is 0 Å². The molecule has 0 spiro atoms. The summed E-state index contributed by atoms with van der Waals surface area (Å²) in [6.45, 7) is 4.37. The maximum Gasteiger partial charge on any atom is 0.352 e. The van der Waals surface area contributed by atoms with Gasteiger partial charge < -0.3 is 15.2 Å². The molecule has 3 heterocycles. The summed E-state index contributed by atoms with van der Waals surface area (Å²) >= 11 is 7.37. The first kappa shape index (κ1) is 21.2. The minimum atomic E-state index is -1.28. The number of β-lactam (4-membered cyclic amide) rings is 1. The zero-order valence-electron chi connectivity index (χ0n) is 15.9. The fourth-order valence-corrected chi connectivity index (χ4v) is 4.63. The number of carbonyl (C=O) groups is 4. The van der Waals surface area contributed by atoms with Crippen LogP contribution in [0.15, 0.2) is 11.3 Å². The largest absolute Gasteiger partial charge is 0.477 e. The molecular formula is C17H19ClN4O6S. The van der Waals surface area contributed by atoms with Gasteiger partial charge in [0.05, 0.1) is 16.4 Å². The van der Waals surface area contributed by atoms with Crippen molar-refractivity contribution in [2.75, 3.05) is 12.4 Å². The van der Waals surface area contributed by atoms with Crippen LogP contribution in [0.1, 0.15) is 18.3 Å². The van der Waals surface area contributed by atoms with E-state index in [1.165, 1.54) is 23.4 Å². The van der Waals surface area contributed by atoms with Crippen LogP contribution in [0.4, 0.5) is 0 Å². The zero-order valence-corrected chi connectivity index (χ0v) is 17.5. The first-order valence-corrected chi connectivity index (χ1v) is 10.1. The highest BCUT2D eigenvalue weighted by Gasteiger charge is 2.54. The number of fused-ring (bicyclic) bond motifs is 1. The Kier molecular flexibility index (Phi) is 5.90. The van der Waals surface area contributed by atoms with Crippen LogP contribution in [0.2, 0.25) is 5.02 Å². The first-order chi connectivity index (χ1) is 13.6. The van der Waals surface area contributed by atoms with Crippen LogP contribution in [0.3, 0.4) is 0 Å². The molecule has 1 aromatic heterocycles. The Hall–Kier alpha value is -2.53. The third kappa shape index (κ3) is 3.97. The van der Waals surface area contributed by atoms with Crippen molar-refractivity contribution in [3.8, 4) is 0 Å². The van der Waals surface area contributed by atoms with Crippen LogP contribution in [-0.2, 0) is 30.5 Å². The predicted molar refractivity (Wildman–Crippen MR) is 103 cm³/mol. The number of nitrogens with one attached hydrogen (secondary N) is 1. The quantitative estimate of drug-likeness (QED) is 0.479. The van der Waals surface area contributed by atoms with Crippen molar-refractivity contribution in [1.82, 2.24) is 20.0 Å². The van der Waals surface area contributed by atoms with E-state index in [9.17, 15) is 24.3 Å². The fraction of sp³-hybridized carbons (Fsp3) is 0.471. The van der Waals surface area contributed by atoms with Gasteiger partial charge in [-0.2, -0.15) is 5.10 Å². The second kappa shape index (κ2) is 8.07. The van der Waals surface area contributed by atoms with Gasteiger partial charge in [-0.25, -0.2) is 4.79 Å². The zero-order chi connectivity index (χ0) is 21.5. The van der Waals surface area contributed by atoms with Crippen molar-refractivity contribution in [2.24, 2.45) is 0 Å². The number of rotatable bonds is 6. The summed E-state index contributed by atoms with van der Waals surface area (Å²) in [5, 5.41) is 16.3. The molecular weight excluding hydrogens is 424 g/mol. The Labute approximate surface area is 175 Å². The van der Waals surface area contributed by atoms with Crippen LogP contribution in [0.25, 0.3) is 0 Å². The highest BCUT2D eigenvalue weighted by molar-refractivity contribution is 8.00. The van der Waals surface area contributed by atoms with Crippen molar-refractivity contribution >= 4 is 47.1 Å². The molecule has 0 bridgehead atoms. The summed E-state index contributed by atoms with van der Waals surface area (Å²) in [6, 6.07) is -0.843. The van der Waals surface area contributed by atoms with Gasteiger partial charge in [-0.1, -0.05) is 11.6 Å². The second-order valence-corrected chi connectivity index (χ2v) is 8.12. The molecule has 2 atom stereocenters. The molecule has 0 unspecified atom stereocenters. The predicted octanol–water partition coefficient (Wildman–Crippen LogP) is 0.455. The number of nitrogens with zero attached hydrogens (tertiary/aromatic N) is 3. The van der Waals surface area contributed by atoms with Crippen LogP contribution >= 0.6 is 23.4 Å². The molecule has 2 amide bonds. The number of amides is 2. The van der Waals surface area contributed by atoms with Crippen molar-refractivity contribution in [3.63, 3.8) is 0 Å². The molecule has 12 heteroatoms. The lowest BCUT2D eigenvalue weighted by Crippen LogP contribution is -2.70. The molecule has 156 valence electrons. The number of aryl methyl sites for hydroxylation is 1. The molecule has 10 nitrogen and oxygen atoms in total. The molecule has 0 aliphatic carbocycles. The minimum Gasteiger partial charge on any atom is -0.477 e. The van der Waals surface area contributed by atoms with Crippen LogP contribution in [-0.4, -0.2) is 67.3 Å².